The number of phenolic OH excluding ortho intramolecular Hbond substituents is 1. The summed E-state index contributed by atoms with van der Waals surface area (Å²) in [5.41, 5.74) is 6.29. The van der Waals surface area contributed by atoms with Gasteiger partial charge < -0.3 is 15.9 Å². The van der Waals surface area contributed by atoms with E-state index in [2.05, 4.69) is 0 Å². The van der Waals surface area contributed by atoms with Crippen LogP contribution in [0.2, 0.25) is 0 Å². The first-order valence-electron chi connectivity index (χ1n) is 3.87. The number of aliphatic hydroxyl groups is 1. The summed E-state index contributed by atoms with van der Waals surface area (Å²) in [7, 11) is 0. The van der Waals surface area contributed by atoms with Gasteiger partial charge in [0.05, 0.1) is 6.61 Å². The van der Waals surface area contributed by atoms with E-state index in [1.807, 2.05) is 6.07 Å². The highest BCUT2D eigenvalue weighted by Gasteiger charge is 2.04. The highest BCUT2D eigenvalue weighted by Crippen LogP contribution is 2.16. The van der Waals surface area contributed by atoms with Crippen LogP contribution in [0.25, 0.3) is 0 Å². The van der Waals surface area contributed by atoms with E-state index in [1.165, 1.54) is 0 Å². The molecular weight excluding hydrogens is 154 g/mol. The Morgan fingerprint density at radius 1 is 1.33 bits per heavy atom. The molecule has 1 atom stereocenters. The number of hydrogen-bond donors (Lipinski definition) is 3. The van der Waals surface area contributed by atoms with Crippen molar-refractivity contribution in [3.05, 3.63) is 29.8 Å². The number of phenols is 1. The molecule has 1 unspecified atom stereocenters. The van der Waals surface area contributed by atoms with Crippen LogP contribution in [-0.4, -0.2) is 22.9 Å². The predicted octanol–water partition coefficient (Wildman–Crippen LogP) is 0.254. The molecule has 0 aromatic heterocycles. The maximum Gasteiger partial charge on any atom is 0.118 e. The Hall–Kier alpha value is -1.06. The Balaban J connectivity index is 2.69. The summed E-state index contributed by atoms with van der Waals surface area (Å²) in [6.45, 7) is -0.0612. The second-order valence-corrected chi connectivity index (χ2v) is 2.78. The molecule has 0 amide bonds. The molecule has 0 spiro atoms. The minimum Gasteiger partial charge on any atom is -0.508 e. The summed E-state index contributed by atoms with van der Waals surface area (Å²) in [5, 5.41) is 18.0. The van der Waals surface area contributed by atoms with Crippen LogP contribution in [0.5, 0.6) is 5.75 Å². The van der Waals surface area contributed by atoms with E-state index in [0.717, 1.165) is 5.56 Å². The third kappa shape index (κ3) is 2.22. The highest BCUT2D eigenvalue weighted by atomic mass is 16.3. The fourth-order valence-electron chi connectivity index (χ4n) is 1.03. The number of benzene rings is 1. The van der Waals surface area contributed by atoms with Crippen LogP contribution >= 0.6 is 0 Å². The van der Waals surface area contributed by atoms with Gasteiger partial charge in [0.2, 0.25) is 0 Å². The molecule has 3 nitrogen and oxygen atoms in total. The molecule has 1 aromatic carbocycles. The molecule has 3 heteroatoms. The number of aliphatic hydroxyl groups excluding tert-OH is 1. The highest BCUT2D eigenvalue weighted by molar-refractivity contribution is 5.32. The SMILES string of the molecule is NC(CO)Cc1ccccc1O. The lowest BCUT2D eigenvalue weighted by Crippen LogP contribution is -2.26. The monoisotopic (exact) mass is 167 g/mol. The average molecular weight is 167 g/mol. The van der Waals surface area contributed by atoms with E-state index >= 15 is 0 Å². The standard InChI is InChI=1S/C9H13NO2/c10-8(6-11)5-7-3-1-2-4-9(7)12/h1-4,8,11-12H,5-6,10H2. The van der Waals surface area contributed by atoms with Gasteiger partial charge in [-0.3, -0.25) is 0 Å². The molecule has 66 valence electrons. The van der Waals surface area contributed by atoms with Crippen LogP contribution in [0.4, 0.5) is 0 Å². The van der Waals surface area contributed by atoms with Gasteiger partial charge in [-0.25, -0.2) is 0 Å². The van der Waals surface area contributed by atoms with Crippen LogP contribution in [0.3, 0.4) is 0 Å². The van der Waals surface area contributed by atoms with Crippen molar-refractivity contribution in [3.8, 4) is 5.75 Å². The lowest BCUT2D eigenvalue weighted by Gasteiger charge is -2.08. The second kappa shape index (κ2) is 4.09. The van der Waals surface area contributed by atoms with Crippen molar-refractivity contribution in [2.75, 3.05) is 6.61 Å². The van der Waals surface area contributed by atoms with Crippen molar-refractivity contribution in [1.82, 2.24) is 0 Å². The van der Waals surface area contributed by atoms with Gasteiger partial charge in [0.25, 0.3) is 0 Å². The Labute approximate surface area is 71.5 Å². The van der Waals surface area contributed by atoms with Crippen LogP contribution in [0.15, 0.2) is 24.3 Å². The maximum atomic E-state index is 9.32. The van der Waals surface area contributed by atoms with Crippen LogP contribution in [0, 0.1) is 0 Å². The van der Waals surface area contributed by atoms with E-state index in [9.17, 15) is 5.11 Å². The van der Waals surface area contributed by atoms with E-state index in [4.69, 9.17) is 10.8 Å². The second-order valence-electron chi connectivity index (χ2n) is 2.78. The molecule has 0 fully saturated rings. The smallest absolute Gasteiger partial charge is 0.118 e. The Kier molecular flexibility index (Phi) is 3.08. The van der Waals surface area contributed by atoms with Gasteiger partial charge in [-0.05, 0) is 18.1 Å². The van der Waals surface area contributed by atoms with Crippen molar-refractivity contribution in [3.63, 3.8) is 0 Å². The maximum absolute atomic E-state index is 9.32. The summed E-state index contributed by atoms with van der Waals surface area (Å²) in [6.07, 6.45) is 0.503. The zero-order valence-corrected chi connectivity index (χ0v) is 6.77. The van der Waals surface area contributed by atoms with Gasteiger partial charge in [-0.1, -0.05) is 18.2 Å². The number of aromatic hydroxyl groups is 1. The molecule has 0 bridgehead atoms. The molecule has 0 saturated carbocycles. The molecule has 1 rings (SSSR count). The predicted molar refractivity (Wildman–Crippen MR) is 46.9 cm³/mol. The molecule has 12 heavy (non-hydrogen) atoms. The van der Waals surface area contributed by atoms with Crippen molar-refractivity contribution in [2.45, 2.75) is 12.5 Å². The molecule has 0 heterocycles. The van der Waals surface area contributed by atoms with Gasteiger partial charge in [0, 0.05) is 6.04 Å². The van der Waals surface area contributed by atoms with Crippen molar-refractivity contribution >= 4 is 0 Å². The van der Waals surface area contributed by atoms with Gasteiger partial charge in [-0.2, -0.15) is 0 Å². The number of rotatable bonds is 3. The van der Waals surface area contributed by atoms with Gasteiger partial charge in [0.15, 0.2) is 0 Å². The molecule has 1 aromatic rings. The minimum absolute atomic E-state index is 0.0612. The number of nitrogens with two attached hydrogens (primary N) is 1. The molecular formula is C9H13NO2. The number of hydrogen-bond acceptors (Lipinski definition) is 3. The third-order valence-corrected chi connectivity index (χ3v) is 1.71. The van der Waals surface area contributed by atoms with Gasteiger partial charge in [0.1, 0.15) is 5.75 Å². The largest absolute Gasteiger partial charge is 0.508 e. The van der Waals surface area contributed by atoms with Crippen LogP contribution in [0.1, 0.15) is 5.56 Å². The van der Waals surface area contributed by atoms with E-state index < -0.39 is 0 Å². The lowest BCUT2D eigenvalue weighted by molar-refractivity contribution is 0.264. The lowest BCUT2D eigenvalue weighted by atomic mass is 10.1. The molecule has 4 N–H and O–H groups in total. The van der Waals surface area contributed by atoms with Crippen LogP contribution in [-0.2, 0) is 6.42 Å². The Morgan fingerprint density at radius 2 is 2.00 bits per heavy atom. The van der Waals surface area contributed by atoms with Crippen molar-refractivity contribution in [2.24, 2.45) is 5.73 Å². The fraction of sp³-hybridized carbons (Fsp3) is 0.333. The van der Waals surface area contributed by atoms with Crippen molar-refractivity contribution in [1.29, 1.82) is 0 Å². The third-order valence-electron chi connectivity index (χ3n) is 1.71. The average Bonchev–Trinajstić information content (AvgIpc) is 2.09. The first-order valence-corrected chi connectivity index (χ1v) is 3.87. The summed E-state index contributed by atoms with van der Waals surface area (Å²) in [5.74, 6) is 0.237. The first kappa shape index (κ1) is 9.03. The molecule has 0 radical (unpaired) electrons. The van der Waals surface area contributed by atoms with Gasteiger partial charge >= 0.3 is 0 Å². The Morgan fingerprint density at radius 3 is 2.58 bits per heavy atom. The Bertz CT molecular complexity index is 250. The topological polar surface area (TPSA) is 66.5 Å². The molecule has 0 saturated heterocycles. The van der Waals surface area contributed by atoms with E-state index in [1.54, 1.807) is 18.2 Å². The summed E-state index contributed by atoms with van der Waals surface area (Å²) < 4.78 is 0. The summed E-state index contributed by atoms with van der Waals surface area (Å²) in [6, 6.07) is 6.70. The summed E-state index contributed by atoms with van der Waals surface area (Å²) >= 11 is 0. The molecule has 0 aliphatic heterocycles. The van der Waals surface area contributed by atoms with E-state index in [-0.39, 0.29) is 18.4 Å². The first-order chi connectivity index (χ1) is 5.74. The van der Waals surface area contributed by atoms with E-state index in [0.29, 0.717) is 6.42 Å². The zero-order chi connectivity index (χ0) is 8.97. The quantitative estimate of drug-likeness (QED) is 0.604. The van der Waals surface area contributed by atoms with Gasteiger partial charge in [-0.15, -0.1) is 0 Å². The van der Waals surface area contributed by atoms with Crippen molar-refractivity contribution < 1.29 is 10.2 Å². The number of para-hydroxylation sites is 1. The minimum atomic E-state index is -0.293. The normalized spacial score (nSPS) is 12.8. The zero-order valence-electron chi connectivity index (χ0n) is 6.77. The molecule has 0 aliphatic rings. The van der Waals surface area contributed by atoms with Crippen LogP contribution < -0.4 is 5.73 Å². The molecule has 0 aliphatic carbocycles. The summed E-state index contributed by atoms with van der Waals surface area (Å²) in [4.78, 5) is 0. The fourth-order valence-corrected chi connectivity index (χ4v) is 1.03.